The highest BCUT2D eigenvalue weighted by atomic mass is 32.2. The molecule has 1 aliphatic heterocycles. The molecule has 0 unspecified atom stereocenters. The maximum absolute atomic E-state index is 11.7. The van der Waals surface area contributed by atoms with Gasteiger partial charge in [-0.2, -0.15) is 0 Å². The fraction of sp³-hybridized carbons (Fsp3) is 0.467. The van der Waals surface area contributed by atoms with Crippen LogP contribution in [0.2, 0.25) is 0 Å². The number of ether oxygens (including phenoxy) is 1. The Balaban J connectivity index is 1.67. The van der Waals surface area contributed by atoms with Crippen molar-refractivity contribution >= 4 is 27.5 Å². The van der Waals surface area contributed by atoms with E-state index >= 15 is 0 Å². The number of benzene rings is 1. The number of amides is 3. The van der Waals surface area contributed by atoms with Crippen LogP contribution in [0.4, 0.5) is 10.5 Å². The van der Waals surface area contributed by atoms with E-state index in [1.807, 2.05) is 0 Å². The Hall–Kier alpha value is -2.29. The highest BCUT2D eigenvalue weighted by Crippen LogP contribution is 2.17. The van der Waals surface area contributed by atoms with Gasteiger partial charge in [0.15, 0.2) is 9.84 Å². The van der Waals surface area contributed by atoms with Gasteiger partial charge in [-0.05, 0) is 18.6 Å². The van der Waals surface area contributed by atoms with Crippen LogP contribution in [0.3, 0.4) is 0 Å². The van der Waals surface area contributed by atoms with Crippen LogP contribution < -0.4 is 20.7 Å². The van der Waals surface area contributed by atoms with Gasteiger partial charge in [-0.3, -0.25) is 4.79 Å². The summed E-state index contributed by atoms with van der Waals surface area (Å²) >= 11 is 0. The van der Waals surface area contributed by atoms with Crippen LogP contribution in [-0.2, 0) is 14.6 Å². The summed E-state index contributed by atoms with van der Waals surface area (Å²) in [5, 5.41) is 7.90. The fourth-order valence-corrected chi connectivity index (χ4v) is 4.02. The molecule has 0 spiro atoms. The minimum atomic E-state index is -3.01. The summed E-state index contributed by atoms with van der Waals surface area (Å²) < 4.78 is 28.1. The maximum Gasteiger partial charge on any atom is 0.315 e. The Morgan fingerprint density at radius 3 is 2.79 bits per heavy atom. The zero-order valence-corrected chi connectivity index (χ0v) is 14.2. The average molecular weight is 355 g/mol. The van der Waals surface area contributed by atoms with Gasteiger partial charge in [-0.25, -0.2) is 13.2 Å². The summed E-state index contributed by atoms with van der Waals surface area (Å²) in [6.07, 6.45) is 0.447. The molecule has 1 heterocycles. The lowest BCUT2D eigenvalue weighted by molar-refractivity contribution is -0.114. The van der Waals surface area contributed by atoms with Crippen molar-refractivity contribution in [3.8, 4) is 5.75 Å². The number of carbonyl (C=O) groups is 2. The second kappa shape index (κ2) is 8.00. The largest absolute Gasteiger partial charge is 0.492 e. The first-order chi connectivity index (χ1) is 11.3. The van der Waals surface area contributed by atoms with E-state index in [0.29, 0.717) is 17.9 Å². The molecule has 0 aromatic heterocycles. The van der Waals surface area contributed by atoms with Crippen LogP contribution in [0.25, 0.3) is 0 Å². The van der Waals surface area contributed by atoms with Gasteiger partial charge in [-0.15, -0.1) is 0 Å². The van der Waals surface area contributed by atoms with Crippen molar-refractivity contribution in [3.63, 3.8) is 0 Å². The molecule has 9 heteroatoms. The Labute approximate surface area is 140 Å². The van der Waals surface area contributed by atoms with Gasteiger partial charge in [0.1, 0.15) is 12.4 Å². The molecular formula is C15H21N3O5S. The SMILES string of the molecule is CC(=O)Nc1cccc(OCCNC(=O)N[C@H]2CCS(=O)(=O)C2)c1. The molecule has 1 aromatic rings. The summed E-state index contributed by atoms with van der Waals surface area (Å²) in [6, 6.07) is 6.19. The first-order valence-electron chi connectivity index (χ1n) is 7.59. The second-order valence-corrected chi connectivity index (χ2v) is 7.79. The van der Waals surface area contributed by atoms with Crippen LogP contribution >= 0.6 is 0 Å². The molecule has 3 amide bonds. The normalized spacial score (nSPS) is 18.6. The van der Waals surface area contributed by atoms with E-state index in [9.17, 15) is 18.0 Å². The standard InChI is InChI=1S/C15H21N3O5S/c1-11(19)17-12-3-2-4-14(9-12)23-7-6-16-15(20)18-13-5-8-24(21,22)10-13/h2-4,9,13H,5-8,10H2,1H3,(H,17,19)(H2,16,18,20)/t13-/m0/s1. The first kappa shape index (κ1) is 18.1. The van der Waals surface area contributed by atoms with Crippen molar-refractivity contribution in [2.45, 2.75) is 19.4 Å². The molecule has 1 fully saturated rings. The van der Waals surface area contributed by atoms with Gasteiger partial charge in [0, 0.05) is 24.7 Å². The lowest BCUT2D eigenvalue weighted by atomic mass is 10.3. The van der Waals surface area contributed by atoms with Crippen LogP contribution in [0.15, 0.2) is 24.3 Å². The molecule has 24 heavy (non-hydrogen) atoms. The van der Waals surface area contributed by atoms with E-state index in [1.165, 1.54) is 6.92 Å². The summed E-state index contributed by atoms with van der Waals surface area (Å²) in [7, 11) is -3.01. The van der Waals surface area contributed by atoms with Crippen molar-refractivity contribution in [1.29, 1.82) is 0 Å². The molecule has 0 aliphatic carbocycles. The van der Waals surface area contributed by atoms with Gasteiger partial charge in [0.25, 0.3) is 0 Å². The van der Waals surface area contributed by atoms with Crippen molar-refractivity contribution in [2.75, 3.05) is 30.0 Å². The predicted molar refractivity (Wildman–Crippen MR) is 89.8 cm³/mol. The number of hydrogen-bond acceptors (Lipinski definition) is 5. The molecule has 0 bridgehead atoms. The minimum absolute atomic E-state index is 0.00708. The summed E-state index contributed by atoms with van der Waals surface area (Å²) in [6.45, 7) is 1.95. The van der Waals surface area contributed by atoms with Gasteiger partial charge in [0.05, 0.1) is 18.1 Å². The van der Waals surface area contributed by atoms with E-state index in [-0.39, 0.29) is 36.6 Å². The van der Waals surface area contributed by atoms with Gasteiger partial charge in [0.2, 0.25) is 5.91 Å². The number of urea groups is 1. The maximum atomic E-state index is 11.7. The smallest absolute Gasteiger partial charge is 0.315 e. The molecule has 1 saturated heterocycles. The van der Waals surface area contributed by atoms with Crippen LogP contribution in [0.1, 0.15) is 13.3 Å². The van der Waals surface area contributed by atoms with Crippen LogP contribution in [0.5, 0.6) is 5.75 Å². The minimum Gasteiger partial charge on any atom is -0.492 e. The van der Waals surface area contributed by atoms with Crippen LogP contribution in [0, 0.1) is 0 Å². The fourth-order valence-electron chi connectivity index (χ4n) is 2.35. The van der Waals surface area contributed by atoms with E-state index in [1.54, 1.807) is 24.3 Å². The van der Waals surface area contributed by atoms with E-state index < -0.39 is 15.9 Å². The zero-order valence-electron chi connectivity index (χ0n) is 13.4. The second-order valence-electron chi connectivity index (χ2n) is 5.56. The molecule has 132 valence electrons. The summed E-state index contributed by atoms with van der Waals surface area (Å²) in [5.41, 5.74) is 0.633. The lowest BCUT2D eigenvalue weighted by Gasteiger charge is -2.13. The topological polar surface area (TPSA) is 114 Å². The molecule has 2 rings (SSSR count). The summed E-state index contributed by atoms with van der Waals surface area (Å²) in [4.78, 5) is 22.7. The number of hydrogen-bond donors (Lipinski definition) is 3. The first-order valence-corrected chi connectivity index (χ1v) is 9.41. The third kappa shape index (κ3) is 6.07. The van der Waals surface area contributed by atoms with Gasteiger partial charge >= 0.3 is 6.03 Å². The molecule has 0 saturated carbocycles. The van der Waals surface area contributed by atoms with E-state index in [4.69, 9.17) is 4.74 Å². The number of rotatable bonds is 6. The Bertz CT molecular complexity index is 705. The van der Waals surface area contributed by atoms with Crippen LogP contribution in [-0.4, -0.2) is 51.1 Å². The molecular weight excluding hydrogens is 334 g/mol. The lowest BCUT2D eigenvalue weighted by Crippen LogP contribution is -2.43. The quantitative estimate of drug-likeness (QED) is 0.644. The summed E-state index contributed by atoms with van der Waals surface area (Å²) in [5.74, 6) is 0.517. The van der Waals surface area contributed by atoms with Crippen molar-refractivity contribution < 1.29 is 22.7 Å². The molecule has 1 aromatic carbocycles. The molecule has 3 N–H and O–H groups in total. The molecule has 8 nitrogen and oxygen atoms in total. The van der Waals surface area contributed by atoms with Crippen molar-refractivity contribution in [1.82, 2.24) is 10.6 Å². The van der Waals surface area contributed by atoms with Gasteiger partial charge in [-0.1, -0.05) is 6.07 Å². The van der Waals surface area contributed by atoms with Crippen molar-refractivity contribution in [2.24, 2.45) is 0 Å². The monoisotopic (exact) mass is 355 g/mol. The molecule has 0 radical (unpaired) electrons. The van der Waals surface area contributed by atoms with Gasteiger partial charge < -0.3 is 20.7 Å². The number of anilines is 1. The highest BCUT2D eigenvalue weighted by molar-refractivity contribution is 7.91. The predicted octanol–water partition coefficient (Wildman–Crippen LogP) is 0.510. The zero-order chi connectivity index (χ0) is 17.6. The Morgan fingerprint density at radius 1 is 1.33 bits per heavy atom. The number of carbonyl (C=O) groups excluding carboxylic acids is 2. The average Bonchev–Trinajstić information content (AvgIpc) is 2.82. The third-order valence-corrected chi connectivity index (χ3v) is 5.15. The Kier molecular flexibility index (Phi) is 6.02. The number of sulfone groups is 1. The molecule has 1 atom stereocenters. The molecule has 1 aliphatic rings. The van der Waals surface area contributed by atoms with E-state index in [0.717, 1.165) is 0 Å². The number of nitrogens with one attached hydrogen (secondary N) is 3. The Morgan fingerprint density at radius 2 is 2.12 bits per heavy atom. The van der Waals surface area contributed by atoms with Crippen molar-refractivity contribution in [3.05, 3.63) is 24.3 Å². The highest BCUT2D eigenvalue weighted by Gasteiger charge is 2.28. The van der Waals surface area contributed by atoms with E-state index in [2.05, 4.69) is 16.0 Å². The third-order valence-electron chi connectivity index (χ3n) is 3.38.